The highest BCUT2D eigenvalue weighted by molar-refractivity contribution is 5.76. The number of hydrogen-bond acceptors (Lipinski definition) is 3. The molecule has 0 aromatic carbocycles. The van der Waals surface area contributed by atoms with Gasteiger partial charge in [-0.05, 0) is 0 Å². The van der Waals surface area contributed by atoms with Crippen LogP contribution in [0.5, 0.6) is 0 Å². The van der Waals surface area contributed by atoms with Crippen LogP contribution in [0.25, 0.3) is 0 Å². The highest BCUT2D eigenvalue weighted by Crippen LogP contribution is 2.25. The summed E-state index contributed by atoms with van der Waals surface area (Å²) >= 11 is 0. The molecule has 0 aliphatic carbocycles. The van der Waals surface area contributed by atoms with Gasteiger partial charge in [-0.3, -0.25) is 0 Å². The highest BCUT2D eigenvalue weighted by atomic mass is 19.4. The minimum atomic E-state index is -4.66. The van der Waals surface area contributed by atoms with Crippen LogP contribution in [0, 0.1) is 0 Å². The second-order valence-corrected chi connectivity index (χ2v) is 1.96. The van der Waals surface area contributed by atoms with Crippen molar-refractivity contribution in [1.82, 2.24) is 0 Å². The van der Waals surface area contributed by atoms with Crippen molar-refractivity contribution in [2.45, 2.75) is 12.3 Å². The Balaban J connectivity index is 2.62. The summed E-state index contributed by atoms with van der Waals surface area (Å²) in [6.07, 6.45) is -7.05. The molecule has 0 radical (unpaired) electrons. The summed E-state index contributed by atoms with van der Waals surface area (Å²) in [7, 11) is 0. The number of hydrogen-bond donors (Lipinski definition) is 0. The van der Waals surface area contributed by atoms with Crippen molar-refractivity contribution in [2.24, 2.45) is 0 Å². The first kappa shape index (κ1) is 8.32. The summed E-state index contributed by atoms with van der Waals surface area (Å²) in [4.78, 5) is 10.4. The van der Waals surface area contributed by atoms with Crippen molar-refractivity contribution >= 4 is 5.97 Å². The van der Waals surface area contributed by atoms with Crippen LogP contribution in [-0.4, -0.2) is 31.5 Å². The molecular weight excluding hydrogens is 165 g/mol. The molecule has 0 N–H and O–H groups in total. The third-order valence-electron chi connectivity index (χ3n) is 1.12. The molecule has 0 saturated carbocycles. The van der Waals surface area contributed by atoms with Gasteiger partial charge in [-0.1, -0.05) is 0 Å². The van der Waals surface area contributed by atoms with E-state index in [-0.39, 0.29) is 13.2 Å². The number of cyclic esters (lactones) is 1. The van der Waals surface area contributed by atoms with Crippen molar-refractivity contribution in [3.05, 3.63) is 0 Å². The van der Waals surface area contributed by atoms with Crippen LogP contribution in [0.2, 0.25) is 0 Å². The lowest BCUT2D eigenvalue weighted by molar-refractivity contribution is -0.245. The normalized spacial score (nSPS) is 26.5. The molecule has 64 valence electrons. The van der Waals surface area contributed by atoms with Crippen molar-refractivity contribution < 1.29 is 27.4 Å². The first-order chi connectivity index (χ1) is 5.02. The van der Waals surface area contributed by atoms with E-state index < -0.39 is 18.2 Å². The summed E-state index contributed by atoms with van der Waals surface area (Å²) in [6, 6.07) is 0. The van der Waals surface area contributed by atoms with Crippen LogP contribution >= 0.6 is 0 Å². The minimum Gasteiger partial charge on any atom is -0.461 e. The van der Waals surface area contributed by atoms with Crippen LogP contribution in [0.1, 0.15) is 0 Å². The molecule has 1 saturated heterocycles. The zero-order valence-corrected chi connectivity index (χ0v) is 5.35. The molecule has 1 rings (SSSR count). The number of rotatable bonds is 0. The Morgan fingerprint density at radius 1 is 1.36 bits per heavy atom. The third-order valence-corrected chi connectivity index (χ3v) is 1.12. The fourth-order valence-corrected chi connectivity index (χ4v) is 0.680. The van der Waals surface area contributed by atoms with Crippen LogP contribution in [0.3, 0.4) is 0 Å². The molecule has 0 bridgehead atoms. The van der Waals surface area contributed by atoms with Gasteiger partial charge in [0.15, 0.2) is 0 Å². The second kappa shape index (κ2) is 2.69. The maximum Gasteiger partial charge on any atom is 0.425 e. The van der Waals surface area contributed by atoms with E-state index in [1.54, 1.807) is 0 Å². The second-order valence-electron chi connectivity index (χ2n) is 1.96. The molecule has 3 nitrogen and oxygen atoms in total. The van der Waals surface area contributed by atoms with Crippen LogP contribution in [0.4, 0.5) is 13.2 Å². The number of alkyl halides is 3. The molecule has 0 aromatic heterocycles. The van der Waals surface area contributed by atoms with Gasteiger partial charge in [0.05, 0.1) is 6.61 Å². The van der Waals surface area contributed by atoms with E-state index in [0.29, 0.717) is 0 Å². The summed E-state index contributed by atoms with van der Waals surface area (Å²) in [5.41, 5.74) is 0. The number of ether oxygens (including phenoxy) is 2. The van der Waals surface area contributed by atoms with Crippen LogP contribution < -0.4 is 0 Å². The molecule has 1 unspecified atom stereocenters. The summed E-state index contributed by atoms with van der Waals surface area (Å²) in [5, 5.41) is 0. The van der Waals surface area contributed by atoms with Gasteiger partial charge in [-0.2, -0.15) is 13.2 Å². The lowest BCUT2D eigenvalue weighted by Gasteiger charge is -2.23. The molecule has 0 amide bonds. The molecule has 1 aliphatic rings. The summed E-state index contributed by atoms with van der Waals surface area (Å²) in [6.45, 7) is -0.304. The SMILES string of the molecule is O=C1OCCOC1C(F)(F)F. The van der Waals surface area contributed by atoms with Gasteiger partial charge in [0.2, 0.25) is 0 Å². The number of carbonyl (C=O) groups excluding carboxylic acids is 1. The molecule has 1 aliphatic heterocycles. The maximum absolute atomic E-state index is 11.8. The molecule has 0 aromatic rings. The molecule has 1 atom stereocenters. The number of carbonyl (C=O) groups is 1. The predicted molar refractivity (Wildman–Crippen MR) is 26.8 cm³/mol. The molecule has 11 heavy (non-hydrogen) atoms. The highest BCUT2D eigenvalue weighted by Gasteiger charge is 2.48. The zero-order chi connectivity index (χ0) is 8.48. The zero-order valence-electron chi connectivity index (χ0n) is 5.35. The first-order valence-corrected chi connectivity index (χ1v) is 2.87. The van der Waals surface area contributed by atoms with Gasteiger partial charge in [0.25, 0.3) is 6.10 Å². The molecular formula is C5H5F3O3. The fourth-order valence-electron chi connectivity index (χ4n) is 0.680. The number of halogens is 3. The van der Waals surface area contributed by atoms with Crippen molar-refractivity contribution in [3.8, 4) is 0 Å². The van der Waals surface area contributed by atoms with Crippen molar-refractivity contribution in [2.75, 3.05) is 13.2 Å². The Morgan fingerprint density at radius 3 is 2.36 bits per heavy atom. The molecule has 1 heterocycles. The standard InChI is InChI=1S/C5H5F3O3/c6-5(7,8)3-4(9)11-2-1-10-3/h3H,1-2H2. The average molecular weight is 170 g/mol. The van der Waals surface area contributed by atoms with E-state index in [0.717, 1.165) is 0 Å². The van der Waals surface area contributed by atoms with E-state index >= 15 is 0 Å². The Morgan fingerprint density at radius 2 is 2.00 bits per heavy atom. The first-order valence-electron chi connectivity index (χ1n) is 2.87. The summed E-state index contributed by atoms with van der Waals surface area (Å²) in [5.74, 6) is -1.36. The Labute approximate surface area is 60.1 Å². The largest absolute Gasteiger partial charge is 0.461 e. The molecule has 0 spiro atoms. The van der Waals surface area contributed by atoms with Crippen molar-refractivity contribution in [3.63, 3.8) is 0 Å². The van der Waals surface area contributed by atoms with Gasteiger partial charge in [0, 0.05) is 0 Å². The van der Waals surface area contributed by atoms with Crippen molar-refractivity contribution in [1.29, 1.82) is 0 Å². The minimum absolute atomic E-state index is 0.106. The van der Waals surface area contributed by atoms with E-state index in [9.17, 15) is 18.0 Å². The Bertz CT molecular complexity index is 165. The topological polar surface area (TPSA) is 35.5 Å². The van der Waals surface area contributed by atoms with Crippen LogP contribution in [0.15, 0.2) is 0 Å². The number of esters is 1. The van der Waals surface area contributed by atoms with Gasteiger partial charge in [0.1, 0.15) is 6.61 Å². The van der Waals surface area contributed by atoms with Gasteiger partial charge < -0.3 is 9.47 Å². The third kappa shape index (κ3) is 1.83. The average Bonchev–Trinajstić information content (AvgIpc) is 1.86. The lowest BCUT2D eigenvalue weighted by Crippen LogP contribution is -2.44. The Hall–Kier alpha value is -0.780. The van der Waals surface area contributed by atoms with E-state index in [2.05, 4.69) is 9.47 Å². The predicted octanol–water partition coefficient (Wildman–Crippen LogP) is 0.491. The Kier molecular flexibility index (Phi) is 2.03. The van der Waals surface area contributed by atoms with E-state index in [4.69, 9.17) is 0 Å². The van der Waals surface area contributed by atoms with Gasteiger partial charge in [-0.15, -0.1) is 0 Å². The summed E-state index contributed by atoms with van der Waals surface area (Å²) < 4.78 is 43.6. The molecule has 6 heteroatoms. The lowest BCUT2D eigenvalue weighted by atomic mass is 10.3. The van der Waals surface area contributed by atoms with Gasteiger partial charge in [-0.25, -0.2) is 4.79 Å². The van der Waals surface area contributed by atoms with Crippen LogP contribution in [-0.2, 0) is 14.3 Å². The van der Waals surface area contributed by atoms with E-state index in [1.165, 1.54) is 0 Å². The quantitative estimate of drug-likeness (QED) is 0.496. The van der Waals surface area contributed by atoms with Gasteiger partial charge >= 0.3 is 12.1 Å². The maximum atomic E-state index is 11.8. The fraction of sp³-hybridized carbons (Fsp3) is 0.800. The van der Waals surface area contributed by atoms with E-state index in [1.807, 2.05) is 0 Å². The molecule has 1 fully saturated rings. The monoisotopic (exact) mass is 170 g/mol. The smallest absolute Gasteiger partial charge is 0.425 e.